The Hall–Kier alpha value is -1.61. The summed E-state index contributed by atoms with van der Waals surface area (Å²) in [5, 5.41) is 0.880. The number of nitrogens with zero attached hydrogens (tertiary/aromatic N) is 1. The van der Waals surface area contributed by atoms with Gasteiger partial charge in [0.15, 0.2) is 0 Å². The summed E-state index contributed by atoms with van der Waals surface area (Å²) in [4.78, 5) is 14.5. The number of carbonyl (C=O) groups excluding carboxylic acids is 1. The van der Waals surface area contributed by atoms with Crippen LogP contribution in [0.4, 0.5) is 0 Å². The third-order valence-electron chi connectivity index (χ3n) is 4.28. The van der Waals surface area contributed by atoms with E-state index in [1.54, 1.807) is 0 Å². The Morgan fingerprint density at radius 2 is 1.73 bits per heavy atom. The van der Waals surface area contributed by atoms with Gasteiger partial charge in [0, 0.05) is 18.3 Å². The summed E-state index contributed by atoms with van der Waals surface area (Å²) in [6.45, 7) is 2.90. The Labute approximate surface area is 140 Å². The van der Waals surface area contributed by atoms with Crippen molar-refractivity contribution in [2.75, 3.05) is 11.9 Å². The molecule has 3 heteroatoms. The van der Waals surface area contributed by atoms with Gasteiger partial charge in [0.25, 0.3) is 0 Å². The second-order valence-corrected chi connectivity index (χ2v) is 6.64. The molecule has 0 bridgehead atoms. The molecule has 2 aromatic rings. The Morgan fingerprint density at radius 1 is 1.09 bits per heavy atom. The maximum atomic E-state index is 12.5. The van der Waals surface area contributed by atoms with Gasteiger partial charge >= 0.3 is 0 Å². The normalized spacial score (nSPS) is 19.5. The number of aryl methyl sites for hydroxylation is 1. The van der Waals surface area contributed by atoms with Crippen molar-refractivity contribution in [3.63, 3.8) is 0 Å². The minimum Gasteiger partial charge on any atom is -0.331 e. The fourth-order valence-electron chi connectivity index (χ4n) is 3.10. The van der Waals surface area contributed by atoms with Crippen molar-refractivity contribution in [1.29, 1.82) is 0 Å². The van der Waals surface area contributed by atoms with Gasteiger partial charge in [-0.25, -0.2) is 0 Å². The van der Waals surface area contributed by atoms with Crippen LogP contribution >= 0.6 is 15.9 Å². The zero-order valence-corrected chi connectivity index (χ0v) is 14.3. The molecule has 114 valence electrons. The molecule has 0 N–H and O–H groups in total. The second kappa shape index (κ2) is 6.66. The SMILES string of the molecule is Cc1ccc(C(c2ccccc2)N2CC(CBr)CC2=O)cc1. The lowest BCUT2D eigenvalue weighted by Crippen LogP contribution is -2.31. The highest BCUT2D eigenvalue weighted by atomic mass is 79.9. The average Bonchev–Trinajstić information content (AvgIpc) is 2.92. The number of benzene rings is 2. The van der Waals surface area contributed by atoms with E-state index in [0.29, 0.717) is 12.3 Å². The van der Waals surface area contributed by atoms with E-state index in [0.717, 1.165) is 11.9 Å². The molecule has 22 heavy (non-hydrogen) atoms. The lowest BCUT2D eigenvalue weighted by Gasteiger charge is -2.29. The van der Waals surface area contributed by atoms with Crippen molar-refractivity contribution < 1.29 is 4.79 Å². The molecule has 1 aliphatic rings. The van der Waals surface area contributed by atoms with Crippen LogP contribution in [0.1, 0.15) is 29.2 Å². The quantitative estimate of drug-likeness (QED) is 0.745. The average molecular weight is 358 g/mol. The van der Waals surface area contributed by atoms with Gasteiger partial charge in [0.2, 0.25) is 5.91 Å². The number of amides is 1. The van der Waals surface area contributed by atoms with E-state index in [2.05, 4.69) is 59.3 Å². The first kappa shape index (κ1) is 15.3. The van der Waals surface area contributed by atoms with Crippen LogP contribution in [0.2, 0.25) is 0 Å². The van der Waals surface area contributed by atoms with Crippen LogP contribution in [-0.4, -0.2) is 22.7 Å². The molecule has 2 atom stereocenters. The predicted octanol–water partition coefficient (Wildman–Crippen LogP) is 4.33. The van der Waals surface area contributed by atoms with E-state index in [9.17, 15) is 4.79 Å². The van der Waals surface area contributed by atoms with Gasteiger partial charge in [-0.05, 0) is 24.0 Å². The van der Waals surface area contributed by atoms with Crippen LogP contribution in [0.25, 0.3) is 0 Å². The molecule has 3 rings (SSSR count). The van der Waals surface area contributed by atoms with E-state index < -0.39 is 0 Å². The number of halogens is 1. The van der Waals surface area contributed by atoms with E-state index in [1.165, 1.54) is 16.7 Å². The van der Waals surface area contributed by atoms with Crippen LogP contribution < -0.4 is 0 Å². The molecular weight excluding hydrogens is 338 g/mol. The number of rotatable bonds is 4. The molecular formula is C19H20BrNO. The first-order valence-electron chi connectivity index (χ1n) is 7.66. The van der Waals surface area contributed by atoms with Crippen molar-refractivity contribution in [2.24, 2.45) is 5.92 Å². The van der Waals surface area contributed by atoms with Crippen molar-refractivity contribution in [3.05, 3.63) is 71.3 Å². The van der Waals surface area contributed by atoms with Crippen LogP contribution in [-0.2, 0) is 4.79 Å². The number of carbonyl (C=O) groups is 1. The number of alkyl halides is 1. The zero-order chi connectivity index (χ0) is 15.5. The highest BCUT2D eigenvalue weighted by Gasteiger charge is 2.35. The monoisotopic (exact) mass is 357 g/mol. The van der Waals surface area contributed by atoms with Crippen molar-refractivity contribution in [3.8, 4) is 0 Å². The number of likely N-dealkylation sites (tertiary alicyclic amines) is 1. The summed E-state index contributed by atoms with van der Waals surface area (Å²) in [6, 6.07) is 18.9. The van der Waals surface area contributed by atoms with E-state index in [1.807, 2.05) is 23.1 Å². The summed E-state index contributed by atoms with van der Waals surface area (Å²) < 4.78 is 0. The highest BCUT2D eigenvalue weighted by Crippen LogP contribution is 2.34. The maximum absolute atomic E-state index is 12.5. The molecule has 0 saturated carbocycles. The minimum absolute atomic E-state index is 0.0124. The fourth-order valence-corrected chi connectivity index (χ4v) is 3.53. The van der Waals surface area contributed by atoms with Crippen molar-refractivity contribution >= 4 is 21.8 Å². The van der Waals surface area contributed by atoms with E-state index in [-0.39, 0.29) is 11.9 Å². The lowest BCUT2D eigenvalue weighted by molar-refractivity contribution is -0.129. The molecule has 1 heterocycles. The van der Waals surface area contributed by atoms with Gasteiger partial charge in [-0.2, -0.15) is 0 Å². The summed E-state index contributed by atoms with van der Waals surface area (Å²) in [5.74, 6) is 0.656. The van der Waals surface area contributed by atoms with Crippen LogP contribution in [0.5, 0.6) is 0 Å². The lowest BCUT2D eigenvalue weighted by atomic mass is 9.96. The van der Waals surface area contributed by atoms with Gasteiger partial charge in [0.05, 0.1) is 6.04 Å². The standard InChI is InChI=1S/C19H20BrNO/c1-14-7-9-17(10-8-14)19(16-5-3-2-4-6-16)21-13-15(12-20)11-18(21)22/h2-10,15,19H,11-13H2,1H3. The second-order valence-electron chi connectivity index (χ2n) is 5.99. The Bertz CT molecular complexity index is 638. The molecule has 0 aliphatic carbocycles. The third-order valence-corrected chi connectivity index (χ3v) is 5.19. The fraction of sp³-hybridized carbons (Fsp3) is 0.316. The van der Waals surface area contributed by atoms with Gasteiger partial charge in [-0.1, -0.05) is 76.1 Å². The van der Waals surface area contributed by atoms with Crippen LogP contribution in [0.15, 0.2) is 54.6 Å². The van der Waals surface area contributed by atoms with Crippen LogP contribution in [0, 0.1) is 12.8 Å². The van der Waals surface area contributed by atoms with Crippen molar-refractivity contribution in [2.45, 2.75) is 19.4 Å². The van der Waals surface area contributed by atoms with Gasteiger partial charge in [0.1, 0.15) is 0 Å². The third kappa shape index (κ3) is 3.09. The van der Waals surface area contributed by atoms with Crippen molar-refractivity contribution in [1.82, 2.24) is 4.90 Å². The Morgan fingerprint density at radius 3 is 2.32 bits per heavy atom. The van der Waals surface area contributed by atoms with Gasteiger partial charge in [-0.15, -0.1) is 0 Å². The predicted molar refractivity (Wildman–Crippen MR) is 93.1 cm³/mol. The molecule has 2 aromatic carbocycles. The molecule has 0 radical (unpaired) electrons. The molecule has 0 aromatic heterocycles. The molecule has 1 fully saturated rings. The van der Waals surface area contributed by atoms with Gasteiger partial charge < -0.3 is 4.90 Å². The summed E-state index contributed by atoms with van der Waals surface area (Å²) >= 11 is 3.52. The zero-order valence-electron chi connectivity index (χ0n) is 12.7. The molecule has 0 spiro atoms. The van der Waals surface area contributed by atoms with Crippen LogP contribution in [0.3, 0.4) is 0 Å². The topological polar surface area (TPSA) is 20.3 Å². The molecule has 1 aliphatic heterocycles. The molecule has 2 unspecified atom stereocenters. The molecule has 1 amide bonds. The highest BCUT2D eigenvalue weighted by molar-refractivity contribution is 9.09. The first-order valence-corrected chi connectivity index (χ1v) is 8.78. The summed E-state index contributed by atoms with van der Waals surface area (Å²) in [5.41, 5.74) is 3.59. The Balaban J connectivity index is 2.00. The summed E-state index contributed by atoms with van der Waals surface area (Å²) in [7, 11) is 0. The number of hydrogen-bond donors (Lipinski definition) is 0. The Kier molecular flexibility index (Phi) is 4.63. The smallest absolute Gasteiger partial charge is 0.223 e. The van der Waals surface area contributed by atoms with E-state index in [4.69, 9.17) is 0 Å². The largest absolute Gasteiger partial charge is 0.331 e. The van der Waals surface area contributed by atoms with E-state index >= 15 is 0 Å². The maximum Gasteiger partial charge on any atom is 0.223 e. The number of hydrogen-bond acceptors (Lipinski definition) is 1. The molecule has 1 saturated heterocycles. The van der Waals surface area contributed by atoms with Gasteiger partial charge in [-0.3, -0.25) is 4.79 Å². The first-order chi connectivity index (χ1) is 10.7. The molecule has 2 nitrogen and oxygen atoms in total. The summed E-state index contributed by atoms with van der Waals surface area (Å²) in [6.07, 6.45) is 0.639. The minimum atomic E-state index is 0.0124.